The average Bonchev–Trinajstić information content (AvgIpc) is 2.81. The highest BCUT2D eigenvalue weighted by Gasteiger charge is 2.16. The van der Waals surface area contributed by atoms with Crippen molar-refractivity contribution in [1.82, 2.24) is 5.32 Å². The van der Waals surface area contributed by atoms with E-state index in [1.54, 1.807) is 6.07 Å². The van der Waals surface area contributed by atoms with Gasteiger partial charge in [0, 0.05) is 29.2 Å². The quantitative estimate of drug-likeness (QED) is 0.249. The molecular formula is C30H39N3O. The second-order valence-corrected chi connectivity index (χ2v) is 9.11. The van der Waals surface area contributed by atoms with Gasteiger partial charge in [-0.2, -0.15) is 0 Å². The molecular weight excluding hydrogens is 418 g/mol. The van der Waals surface area contributed by atoms with Gasteiger partial charge in [0.1, 0.15) is 17.4 Å². The highest BCUT2D eigenvalue weighted by atomic mass is 16.3. The van der Waals surface area contributed by atoms with Crippen molar-refractivity contribution in [3.8, 4) is 5.75 Å². The Kier molecular flexibility index (Phi) is 8.97. The van der Waals surface area contributed by atoms with E-state index in [0.29, 0.717) is 5.82 Å². The fourth-order valence-corrected chi connectivity index (χ4v) is 3.25. The molecule has 0 aromatic heterocycles. The molecule has 0 saturated carbocycles. The molecule has 0 spiro atoms. The topological polar surface area (TPSA) is 47.5 Å². The number of phenolic OH excluding ortho intramolecular Hbond substituents is 1. The van der Waals surface area contributed by atoms with Gasteiger partial charge in [0.25, 0.3) is 0 Å². The van der Waals surface area contributed by atoms with Crippen molar-refractivity contribution in [3.63, 3.8) is 0 Å². The van der Waals surface area contributed by atoms with Gasteiger partial charge in [-0.1, -0.05) is 89.7 Å². The molecule has 0 radical (unpaired) electrons. The van der Waals surface area contributed by atoms with Gasteiger partial charge >= 0.3 is 0 Å². The van der Waals surface area contributed by atoms with E-state index in [2.05, 4.69) is 86.7 Å². The Morgan fingerprint density at radius 1 is 0.912 bits per heavy atom. The normalized spacial score (nSPS) is 11.3. The van der Waals surface area contributed by atoms with Crippen LogP contribution in [0.2, 0.25) is 0 Å². The zero-order valence-corrected chi connectivity index (χ0v) is 21.7. The van der Waals surface area contributed by atoms with E-state index >= 15 is 0 Å². The second-order valence-electron chi connectivity index (χ2n) is 9.11. The Morgan fingerprint density at radius 2 is 1.50 bits per heavy atom. The summed E-state index contributed by atoms with van der Waals surface area (Å²) < 4.78 is 0. The number of aryl methyl sites for hydroxylation is 1. The Balaban J connectivity index is 0.00000199. The number of nitrogens with one attached hydrogen (secondary N) is 2. The summed E-state index contributed by atoms with van der Waals surface area (Å²) in [6.07, 6.45) is 2.06. The van der Waals surface area contributed by atoms with E-state index < -0.39 is 0 Å². The van der Waals surface area contributed by atoms with Crippen LogP contribution in [0, 0.1) is 12.3 Å². The van der Waals surface area contributed by atoms with Gasteiger partial charge in [0.15, 0.2) is 0 Å². The molecule has 0 saturated heterocycles. The van der Waals surface area contributed by atoms with Gasteiger partial charge in [-0.3, -0.25) is 0 Å². The minimum absolute atomic E-state index is 0.0665. The summed E-state index contributed by atoms with van der Waals surface area (Å²) in [5.41, 5.74) is 4.07. The van der Waals surface area contributed by atoms with Crippen LogP contribution in [-0.2, 0) is 0 Å². The Labute approximate surface area is 205 Å². The molecule has 0 aliphatic carbocycles. The molecule has 3 aromatic carbocycles. The molecule has 180 valence electrons. The van der Waals surface area contributed by atoms with Crippen molar-refractivity contribution in [3.05, 3.63) is 103 Å². The highest BCUT2D eigenvalue weighted by molar-refractivity contribution is 5.98. The summed E-state index contributed by atoms with van der Waals surface area (Å²) in [5.74, 6) is 1.73. The summed E-state index contributed by atoms with van der Waals surface area (Å²) in [5, 5.41) is 18.7. The van der Waals surface area contributed by atoms with Crippen LogP contribution in [0.15, 0.2) is 97.1 Å². The van der Waals surface area contributed by atoms with Crippen LogP contribution in [0.1, 0.15) is 40.2 Å². The number of hydrogen-bond acceptors (Lipinski definition) is 4. The van der Waals surface area contributed by atoms with E-state index in [-0.39, 0.29) is 11.2 Å². The number of anilines is 2. The molecule has 4 heteroatoms. The zero-order chi connectivity index (χ0) is 25.5. The van der Waals surface area contributed by atoms with Gasteiger partial charge in [-0.15, -0.1) is 0 Å². The highest BCUT2D eigenvalue weighted by Crippen LogP contribution is 2.31. The Hall–Kier alpha value is -3.66. The van der Waals surface area contributed by atoms with Gasteiger partial charge in [0.2, 0.25) is 0 Å². The molecule has 0 aliphatic heterocycles. The lowest BCUT2D eigenvalue weighted by Gasteiger charge is -2.28. The third-order valence-corrected chi connectivity index (χ3v) is 5.52. The maximum atomic E-state index is 10.2. The molecule has 34 heavy (non-hydrogen) atoms. The van der Waals surface area contributed by atoms with Crippen LogP contribution in [0.5, 0.6) is 5.75 Å². The first-order valence-electron chi connectivity index (χ1n) is 11.7. The van der Waals surface area contributed by atoms with Crippen LogP contribution < -0.4 is 15.5 Å². The number of allylic oxidation sites excluding steroid dienone is 2. The first kappa shape index (κ1) is 26.6. The van der Waals surface area contributed by atoms with Crippen LogP contribution in [0.25, 0.3) is 10.8 Å². The SMILES string of the molecule is C=C(N/C(=C/C(=C)C(C)(C)C)N(C)c1ccc(C)cc1)Nc1ccc(O)c2ccccc12.CC. The molecule has 0 unspecified atom stereocenters. The summed E-state index contributed by atoms with van der Waals surface area (Å²) >= 11 is 0. The number of nitrogens with zero attached hydrogens (tertiary/aromatic N) is 1. The average molecular weight is 458 g/mol. The van der Waals surface area contributed by atoms with Gasteiger partial charge in [0.05, 0.1) is 0 Å². The number of fused-ring (bicyclic) bond motifs is 1. The minimum atomic E-state index is -0.0665. The summed E-state index contributed by atoms with van der Waals surface area (Å²) in [6, 6.07) is 19.6. The predicted molar refractivity (Wildman–Crippen MR) is 149 cm³/mol. The molecule has 0 atom stereocenters. The van der Waals surface area contributed by atoms with Crippen molar-refractivity contribution in [2.24, 2.45) is 5.41 Å². The Morgan fingerprint density at radius 3 is 2.09 bits per heavy atom. The van der Waals surface area contributed by atoms with Crippen LogP contribution in [-0.4, -0.2) is 12.2 Å². The van der Waals surface area contributed by atoms with E-state index in [1.165, 1.54) is 5.56 Å². The van der Waals surface area contributed by atoms with Gasteiger partial charge < -0.3 is 20.6 Å². The fourth-order valence-electron chi connectivity index (χ4n) is 3.25. The molecule has 0 fully saturated rings. The first-order valence-corrected chi connectivity index (χ1v) is 11.7. The van der Waals surface area contributed by atoms with Crippen molar-refractivity contribution in [2.45, 2.75) is 41.5 Å². The van der Waals surface area contributed by atoms with Crippen molar-refractivity contribution in [1.29, 1.82) is 0 Å². The number of hydrogen-bond donors (Lipinski definition) is 3. The third kappa shape index (κ3) is 6.67. The molecule has 0 bridgehead atoms. The summed E-state index contributed by atoms with van der Waals surface area (Å²) in [7, 11) is 2.02. The molecule has 3 aromatic rings. The molecule has 4 nitrogen and oxygen atoms in total. The largest absolute Gasteiger partial charge is 0.507 e. The fraction of sp³-hybridized carbons (Fsp3) is 0.267. The molecule has 0 heterocycles. The van der Waals surface area contributed by atoms with E-state index in [0.717, 1.165) is 33.5 Å². The molecule has 3 N–H and O–H groups in total. The van der Waals surface area contributed by atoms with Crippen molar-refractivity contribution >= 4 is 22.1 Å². The Bertz CT molecular complexity index is 1170. The van der Waals surface area contributed by atoms with E-state index in [4.69, 9.17) is 0 Å². The summed E-state index contributed by atoms with van der Waals surface area (Å²) in [4.78, 5) is 2.08. The maximum absolute atomic E-state index is 10.2. The van der Waals surface area contributed by atoms with Crippen molar-refractivity contribution < 1.29 is 5.11 Å². The monoisotopic (exact) mass is 457 g/mol. The number of aromatic hydroxyl groups is 1. The van der Waals surface area contributed by atoms with Crippen LogP contribution in [0.3, 0.4) is 0 Å². The lowest BCUT2D eigenvalue weighted by molar-refractivity contribution is 0.481. The molecule has 0 aliphatic rings. The molecule has 3 rings (SSSR count). The maximum Gasteiger partial charge on any atom is 0.123 e. The number of rotatable bonds is 7. The lowest BCUT2D eigenvalue weighted by Crippen LogP contribution is -2.31. The van der Waals surface area contributed by atoms with Crippen LogP contribution >= 0.6 is 0 Å². The molecule has 0 amide bonds. The number of benzene rings is 3. The van der Waals surface area contributed by atoms with Gasteiger partial charge in [-0.25, -0.2) is 0 Å². The first-order chi connectivity index (χ1) is 16.1. The standard InChI is InChI=1S/C28H33N3O.C2H6/c1-19-12-14-22(15-13-19)31(7)27(18-20(2)28(4,5)6)30-21(3)29-25-16-17-26(32)24-11-9-8-10-23(24)25;1-2/h8-18,29-30,32H,2-3H2,1,4-7H3;1-2H3/b27-18-;. The van der Waals surface area contributed by atoms with E-state index in [1.807, 2.05) is 51.2 Å². The zero-order valence-electron chi connectivity index (χ0n) is 21.7. The number of phenols is 1. The smallest absolute Gasteiger partial charge is 0.123 e. The van der Waals surface area contributed by atoms with Gasteiger partial charge in [-0.05, 0) is 48.3 Å². The second kappa shape index (κ2) is 11.5. The lowest BCUT2D eigenvalue weighted by atomic mass is 9.87. The van der Waals surface area contributed by atoms with Crippen molar-refractivity contribution in [2.75, 3.05) is 17.3 Å². The minimum Gasteiger partial charge on any atom is -0.507 e. The predicted octanol–water partition coefficient (Wildman–Crippen LogP) is 7.93. The third-order valence-electron chi connectivity index (χ3n) is 5.52. The van der Waals surface area contributed by atoms with E-state index in [9.17, 15) is 5.11 Å². The summed E-state index contributed by atoms with van der Waals surface area (Å²) in [6.45, 7) is 21.0. The van der Waals surface area contributed by atoms with Crippen LogP contribution in [0.4, 0.5) is 11.4 Å².